The quantitative estimate of drug-likeness (QED) is 0.747. The maximum absolute atomic E-state index is 12.9. The molecule has 1 amide bonds. The maximum Gasteiger partial charge on any atom is 0.245 e. The van der Waals surface area contributed by atoms with E-state index >= 15 is 0 Å². The first kappa shape index (κ1) is 14.6. The third-order valence-corrected chi connectivity index (χ3v) is 5.88. The van der Waals surface area contributed by atoms with Gasteiger partial charge in [-0.15, -0.1) is 0 Å². The molecule has 0 aromatic carbocycles. The molecule has 6 nitrogen and oxygen atoms in total. The summed E-state index contributed by atoms with van der Waals surface area (Å²) in [6.45, 7) is 0.314. The van der Waals surface area contributed by atoms with Gasteiger partial charge in [0.05, 0.1) is 9.77 Å². The number of carbonyl (C=O) groups excluding carboxylic acids is 1. The standard InChI is InChI=1S/C10H11FIN3O3S/c1-15-3-2-8(19(15,17)18)10(16)14-9-7(12)4-6(11)5-13-9/h4-5,8H,2-3H2,1H3,(H,13,14,16). The molecule has 1 aromatic rings. The molecule has 1 atom stereocenters. The van der Waals surface area contributed by atoms with E-state index in [-0.39, 0.29) is 12.2 Å². The molecule has 0 bridgehead atoms. The topological polar surface area (TPSA) is 79.4 Å². The van der Waals surface area contributed by atoms with Crippen LogP contribution in [0.3, 0.4) is 0 Å². The van der Waals surface area contributed by atoms with E-state index in [1.807, 2.05) is 22.6 Å². The van der Waals surface area contributed by atoms with Gasteiger partial charge in [0, 0.05) is 13.6 Å². The van der Waals surface area contributed by atoms with Gasteiger partial charge in [-0.25, -0.2) is 22.1 Å². The monoisotopic (exact) mass is 399 g/mol. The maximum atomic E-state index is 12.9. The number of amides is 1. The Morgan fingerprint density at radius 2 is 2.32 bits per heavy atom. The van der Waals surface area contributed by atoms with Gasteiger partial charge >= 0.3 is 0 Å². The second-order valence-corrected chi connectivity index (χ2v) is 7.50. The lowest BCUT2D eigenvalue weighted by Gasteiger charge is -2.12. The second-order valence-electron chi connectivity index (χ2n) is 4.12. The van der Waals surface area contributed by atoms with Gasteiger partial charge in [-0.1, -0.05) is 0 Å². The predicted molar refractivity (Wildman–Crippen MR) is 75.5 cm³/mol. The van der Waals surface area contributed by atoms with Crippen LogP contribution in [0.15, 0.2) is 12.3 Å². The molecule has 2 rings (SSSR count). The smallest absolute Gasteiger partial charge is 0.245 e. The second kappa shape index (κ2) is 5.29. The average molecular weight is 399 g/mol. The summed E-state index contributed by atoms with van der Waals surface area (Å²) >= 11 is 1.82. The Morgan fingerprint density at radius 1 is 1.63 bits per heavy atom. The number of nitrogens with one attached hydrogen (secondary N) is 1. The largest absolute Gasteiger partial charge is 0.309 e. The highest BCUT2D eigenvalue weighted by molar-refractivity contribution is 14.1. The van der Waals surface area contributed by atoms with Crippen molar-refractivity contribution in [3.63, 3.8) is 0 Å². The lowest BCUT2D eigenvalue weighted by atomic mass is 10.3. The molecule has 1 fully saturated rings. The summed E-state index contributed by atoms with van der Waals surface area (Å²) < 4.78 is 38.1. The van der Waals surface area contributed by atoms with Crippen molar-refractivity contribution in [2.24, 2.45) is 0 Å². The number of aromatic nitrogens is 1. The van der Waals surface area contributed by atoms with Gasteiger partial charge in [0.25, 0.3) is 0 Å². The minimum absolute atomic E-state index is 0.164. The molecule has 9 heteroatoms. The predicted octanol–water partition coefficient (Wildman–Crippen LogP) is 0.798. The van der Waals surface area contributed by atoms with Crippen molar-refractivity contribution in [1.82, 2.24) is 9.29 Å². The van der Waals surface area contributed by atoms with E-state index in [0.717, 1.165) is 10.5 Å². The number of rotatable bonds is 2. The minimum atomic E-state index is -3.59. The first-order valence-electron chi connectivity index (χ1n) is 5.39. The number of pyridine rings is 1. The summed E-state index contributed by atoms with van der Waals surface area (Å²) in [7, 11) is -2.16. The lowest BCUT2D eigenvalue weighted by Crippen LogP contribution is -2.35. The fraction of sp³-hybridized carbons (Fsp3) is 0.400. The van der Waals surface area contributed by atoms with E-state index in [1.165, 1.54) is 13.1 Å². The Bertz CT molecular complexity index is 622. The van der Waals surface area contributed by atoms with Crippen LogP contribution in [0, 0.1) is 9.39 Å². The fourth-order valence-corrected chi connectivity index (χ4v) is 3.86. The van der Waals surface area contributed by atoms with E-state index in [2.05, 4.69) is 10.3 Å². The van der Waals surface area contributed by atoms with E-state index in [0.29, 0.717) is 10.1 Å². The zero-order chi connectivity index (χ0) is 14.2. The van der Waals surface area contributed by atoms with Crippen LogP contribution in [-0.2, 0) is 14.8 Å². The zero-order valence-electron chi connectivity index (χ0n) is 9.93. The van der Waals surface area contributed by atoms with Crippen molar-refractivity contribution in [3.05, 3.63) is 21.7 Å². The van der Waals surface area contributed by atoms with Gasteiger partial charge in [-0.05, 0) is 35.1 Å². The first-order chi connectivity index (χ1) is 8.82. The molecular formula is C10H11FIN3O3S. The molecule has 1 aromatic heterocycles. The molecule has 19 heavy (non-hydrogen) atoms. The van der Waals surface area contributed by atoms with E-state index in [1.54, 1.807) is 0 Å². The van der Waals surface area contributed by atoms with Gasteiger partial charge in [-0.2, -0.15) is 0 Å². The van der Waals surface area contributed by atoms with Crippen LogP contribution in [0.4, 0.5) is 10.2 Å². The normalized spacial score (nSPS) is 22.4. The van der Waals surface area contributed by atoms with Crippen molar-refractivity contribution >= 4 is 44.3 Å². The van der Waals surface area contributed by atoms with Gasteiger partial charge in [0.1, 0.15) is 11.6 Å². The number of hydrogen-bond acceptors (Lipinski definition) is 4. The van der Waals surface area contributed by atoms with E-state index in [9.17, 15) is 17.6 Å². The Balaban J connectivity index is 2.18. The van der Waals surface area contributed by atoms with Crippen molar-refractivity contribution in [2.75, 3.05) is 18.9 Å². The molecule has 1 aliphatic rings. The highest BCUT2D eigenvalue weighted by Gasteiger charge is 2.41. The van der Waals surface area contributed by atoms with Gasteiger partial charge < -0.3 is 5.32 Å². The summed E-state index contributed by atoms with van der Waals surface area (Å²) in [5, 5.41) is 1.31. The molecular weight excluding hydrogens is 388 g/mol. The van der Waals surface area contributed by atoms with Gasteiger partial charge in [0.15, 0.2) is 5.25 Å². The fourth-order valence-electron chi connectivity index (χ4n) is 1.76. The van der Waals surface area contributed by atoms with Crippen LogP contribution in [0.5, 0.6) is 0 Å². The summed E-state index contributed by atoms with van der Waals surface area (Å²) in [5.41, 5.74) is 0. The third kappa shape index (κ3) is 2.87. The minimum Gasteiger partial charge on any atom is -0.309 e. The summed E-state index contributed by atoms with van der Waals surface area (Å²) in [5.74, 6) is -0.992. The van der Waals surface area contributed by atoms with Crippen molar-refractivity contribution in [3.8, 4) is 0 Å². The van der Waals surface area contributed by atoms with E-state index in [4.69, 9.17) is 0 Å². The Labute approximate surface area is 123 Å². The Hall–Kier alpha value is -0.810. The highest BCUT2D eigenvalue weighted by atomic mass is 127. The molecule has 0 saturated carbocycles. The van der Waals surface area contributed by atoms with Crippen molar-refractivity contribution < 1.29 is 17.6 Å². The number of anilines is 1. The Morgan fingerprint density at radius 3 is 2.84 bits per heavy atom. The van der Waals surface area contributed by atoms with E-state index < -0.39 is 27.0 Å². The van der Waals surface area contributed by atoms with Gasteiger partial charge in [0.2, 0.25) is 15.9 Å². The van der Waals surface area contributed by atoms with Gasteiger partial charge in [-0.3, -0.25) is 4.79 Å². The molecule has 1 aliphatic heterocycles. The summed E-state index contributed by atoms with van der Waals surface area (Å²) in [6, 6.07) is 1.21. The molecule has 1 saturated heterocycles. The molecule has 1 unspecified atom stereocenters. The molecule has 0 aliphatic carbocycles. The number of hydrogen-bond donors (Lipinski definition) is 1. The summed E-state index contributed by atoms with van der Waals surface area (Å²) in [4.78, 5) is 15.7. The molecule has 0 radical (unpaired) electrons. The van der Waals surface area contributed by atoms with Crippen molar-refractivity contribution in [1.29, 1.82) is 0 Å². The average Bonchev–Trinajstić information content (AvgIpc) is 2.58. The number of sulfonamides is 1. The summed E-state index contributed by atoms with van der Waals surface area (Å²) in [6.07, 6.45) is 1.20. The van der Waals surface area contributed by atoms with Crippen LogP contribution in [-0.4, -0.2) is 42.5 Å². The number of carbonyl (C=O) groups is 1. The lowest BCUT2D eigenvalue weighted by molar-refractivity contribution is -0.115. The Kier molecular flexibility index (Phi) is 4.06. The van der Waals surface area contributed by atoms with Crippen molar-refractivity contribution in [2.45, 2.75) is 11.7 Å². The first-order valence-corrected chi connectivity index (χ1v) is 7.97. The molecule has 0 spiro atoms. The highest BCUT2D eigenvalue weighted by Crippen LogP contribution is 2.22. The number of halogens is 2. The third-order valence-electron chi connectivity index (χ3n) is 2.84. The SMILES string of the molecule is CN1CCC(C(=O)Nc2ncc(F)cc2I)S1(=O)=O. The zero-order valence-corrected chi connectivity index (χ0v) is 12.9. The molecule has 104 valence electrons. The molecule has 1 N–H and O–H groups in total. The van der Waals surface area contributed by atoms with Crippen LogP contribution < -0.4 is 5.32 Å². The van der Waals surface area contributed by atoms with Crippen LogP contribution in [0.25, 0.3) is 0 Å². The van der Waals surface area contributed by atoms with Crippen LogP contribution >= 0.6 is 22.6 Å². The van der Waals surface area contributed by atoms with Crippen LogP contribution in [0.1, 0.15) is 6.42 Å². The van der Waals surface area contributed by atoms with Crippen LogP contribution in [0.2, 0.25) is 0 Å². The number of nitrogens with zero attached hydrogens (tertiary/aromatic N) is 2. The molecule has 2 heterocycles.